The number of unbranched alkanes of at least 4 members (excludes halogenated alkanes) is 1. The van der Waals surface area contributed by atoms with E-state index in [4.69, 9.17) is 11.5 Å². The second kappa shape index (κ2) is 12.9. The second-order valence-corrected chi connectivity index (χ2v) is 16.4. The van der Waals surface area contributed by atoms with Gasteiger partial charge in [-0.25, -0.2) is 0 Å². The zero-order valence-corrected chi connectivity index (χ0v) is 29.4. The number of hydrogen-bond donors (Lipinski definition) is 5. The van der Waals surface area contributed by atoms with Crippen molar-refractivity contribution in [3.8, 4) is 5.75 Å². The fourth-order valence-corrected chi connectivity index (χ4v) is 10.8. The number of phenolic OH excluding ortho intramolecular Hbond substituents is 1. The summed E-state index contributed by atoms with van der Waals surface area (Å²) in [5, 5.41) is 16.4. The van der Waals surface area contributed by atoms with Crippen LogP contribution in [0.4, 0.5) is 5.69 Å². The van der Waals surface area contributed by atoms with Gasteiger partial charge in [-0.05, 0) is 140 Å². The van der Waals surface area contributed by atoms with Crippen molar-refractivity contribution in [2.24, 2.45) is 34.1 Å². The summed E-state index contributed by atoms with van der Waals surface area (Å²) in [4.78, 5) is 41.7. The van der Waals surface area contributed by atoms with Gasteiger partial charge in [0.05, 0.1) is 16.9 Å². The molecule has 2 saturated carbocycles. The third kappa shape index (κ3) is 5.77. The maximum Gasteiger partial charge on any atom is 0.241 e. The molecule has 0 heterocycles. The van der Waals surface area contributed by atoms with Gasteiger partial charge in [0.25, 0.3) is 0 Å². The number of benzene rings is 2. The Morgan fingerprint density at radius 3 is 1.92 bits per heavy atom. The molecule has 2 aromatic rings. The zero-order chi connectivity index (χ0) is 34.5. The Hall–Kier alpha value is -3.23. The van der Waals surface area contributed by atoms with Crippen molar-refractivity contribution in [2.45, 2.75) is 128 Å². The van der Waals surface area contributed by atoms with E-state index >= 15 is 0 Å². The average Bonchev–Trinajstić information content (AvgIpc) is 3.05. The first-order valence-electron chi connectivity index (χ1n) is 18.3. The zero-order valence-electron chi connectivity index (χ0n) is 29.4. The highest BCUT2D eigenvalue weighted by molar-refractivity contribution is 6.01. The number of carbonyl (C=O) groups excluding carboxylic acids is 3. The minimum atomic E-state index is -0.704. The summed E-state index contributed by atoms with van der Waals surface area (Å²) in [6.45, 7) is 9.25. The number of nitrogens with one attached hydrogen (secondary N) is 2. The molecule has 6 rings (SSSR count). The van der Waals surface area contributed by atoms with Crippen LogP contribution in [-0.4, -0.2) is 35.4 Å². The lowest BCUT2D eigenvalue weighted by molar-refractivity contribution is -0.150. The van der Waals surface area contributed by atoms with Crippen molar-refractivity contribution in [2.75, 3.05) is 11.9 Å². The molecular formula is C40H56N4O4. The monoisotopic (exact) mass is 656 g/mol. The molecule has 48 heavy (non-hydrogen) atoms. The van der Waals surface area contributed by atoms with Crippen LogP contribution < -0.4 is 22.1 Å². The Morgan fingerprint density at radius 1 is 0.812 bits per heavy atom. The highest BCUT2D eigenvalue weighted by Gasteiger charge is 2.58. The Kier molecular flexibility index (Phi) is 9.31. The van der Waals surface area contributed by atoms with Gasteiger partial charge in [0.2, 0.25) is 17.7 Å². The van der Waals surface area contributed by atoms with Crippen LogP contribution in [-0.2, 0) is 38.1 Å². The van der Waals surface area contributed by atoms with Crippen LogP contribution in [0.25, 0.3) is 0 Å². The van der Waals surface area contributed by atoms with E-state index < -0.39 is 16.9 Å². The molecule has 4 aliphatic rings. The molecule has 1 unspecified atom stereocenters. The molecule has 3 amide bonds. The molecule has 8 heteroatoms. The number of amides is 3. The number of nitrogens with two attached hydrogens (primary N) is 2. The molecule has 2 fully saturated rings. The molecule has 0 aliphatic heterocycles. The summed E-state index contributed by atoms with van der Waals surface area (Å²) in [5.74, 6) is -0.0962. The molecule has 0 saturated heterocycles. The minimum absolute atomic E-state index is 0.0532. The molecule has 7 N–H and O–H groups in total. The third-order valence-corrected chi connectivity index (χ3v) is 13.5. The van der Waals surface area contributed by atoms with Crippen LogP contribution in [0.5, 0.6) is 5.75 Å². The Bertz CT molecular complexity index is 1590. The summed E-state index contributed by atoms with van der Waals surface area (Å²) in [6, 6.07) is 11.3. The third-order valence-electron chi connectivity index (χ3n) is 13.5. The molecule has 0 radical (unpaired) electrons. The second-order valence-electron chi connectivity index (χ2n) is 16.4. The number of rotatable bonds is 8. The molecule has 0 aromatic heterocycles. The summed E-state index contributed by atoms with van der Waals surface area (Å²) < 4.78 is 0. The summed E-state index contributed by atoms with van der Waals surface area (Å²) in [6.07, 6.45) is 10.9. The van der Waals surface area contributed by atoms with Gasteiger partial charge in [0, 0.05) is 5.69 Å². The summed E-state index contributed by atoms with van der Waals surface area (Å²) in [5.41, 5.74) is 15.5. The smallest absolute Gasteiger partial charge is 0.241 e. The summed E-state index contributed by atoms with van der Waals surface area (Å²) in [7, 11) is 0. The van der Waals surface area contributed by atoms with E-state index in [1.54, 1.807) is 6.07 Å². The number of aromatic hydroxyl groups is 1. The van der Waals surface area contributed by atoms with Gasteiger partial charge >= 0.3 is 0 Å². The standard InChI is InChI=1S/C40H56N4O4/c1-37-18-7-20-39(3,32(37)16-12-25-10-14-27(23-29(25)37)43-34(46)31(42)9-5-6-22-41)35(47)44-36(48)40(4)21-8-19-38(2)30-24-28(45)15-11-26(30)13-17-33(38)40/h10-11,14-15,23-24,31-33,45H,5-9,12-13,16-22,41-42H2,1-4H3,(H,43,46)(H,44,47,48)/t31-,32?,33+,37+,38+,39-,40-/m0/s1. The van der Waals surface area contributed by atoms with Gasteiger partial charge in [-0.3, -0.25) is 19.7 Å². The number of anilines is 1. The van der Waals surface area contributed by atoms with Gasteiger partial charge < -0.3 is 21.9 Å². The van der Waals surface area contributed by atoms with Crippen molar-refractivity contribution in [3.05, 3.63) is 58.7 Å². The van der Waals surface area contributed by atoms with Gasteiger partial charge in [0.15, 0.2) is 0 Å². The number of phenols is 1. The number of hydrogen-bond acceptors (Lipinski definition) is 6. The number of imide groups is 1. The largest absolute Gasteiger partial charge is 0.508 e. The first-order chi connectivity index (χ1) is 22.8. The predicted molar refractivity (Wildman–Crippen MR) is 189 cm³/mol. The van der Waals surface area contributed by atoms with Gasteiger partial charge in [-0.15, -0.1) is 0 Å². The molecule has 8 nitrogen and oxygen atoms in total. The van der Waals surface area contributed by atoms with E-state index in [1.807, 2.05) is 18.2 Å². The molecule has 260 valence electrons. The lowest BCUT2D eigenvalue weighted by Gasteiger charge is -2.56. The number of carbonyl (C=O) groups is 3. The molecule has 0 bridgehead atoms. The van der Waals surface area contributed by atoms with Gasteiger partial charge in [-0.1, -0.05) is 59.1 Å². The maximum atomic E-state index is 14.5. The summed E-state index contributed by atoms with van der Waals surface area (Å²) >= 11 is 0. The van der Waals surface area contributed by atoms with Crippen LogP contribution in [0, 0.1) is 22.7 Å². The molecule has 7 atom stereocenters. The van der Waals surface area contributed by atoms with Crippen molar-refractivity contribution in [1.82, 2.24) is 5.32 Å². The van der Waals surface area contributed by atoms with E-state index in [-0.39, 0.29) is 46.1 Å². The normalized spacial score (nSPS) is 32.9. The minimum Gasteiger partial charge on any atom is -0.508 e. The average molecular weight is 657 g/mol. The van der Waals surface area contributed by atoms with E-state index in [0.717, 1.165) is 88.3 Å². The topological polar surface area (TPSA) is 148 Å². The maximum absolute atomic E-state index is 14.5. The van der Waals surface area contributed by atoms with Crippen LogP contribution >= 0.6 is 0 Å². The molecule has 2 aromatic carbocycles. The quantitative estimate of drug-likeness (QED) is 0.170. The van der Waals surface area contributed by atoms with E-state index in [9.17, 15) is 19.5 Å². The van der Waals surface area contributed by atoms with Crippen LogP contribution in [0.3, 0.4) is 0 Å². The molecule has 0 spiro atoms. The SMILES string of the molecule is C[C@]1(C(=O)NC(=O)[C@@]2(C)CCC[C@]3(C)c4cc(O)ccc4CC[C@@H]23)CCC[C@]2(C)c3cc(NC(=O)[C@@H](N)CCCCN)ccc3CCC12. The van der Waals surface area contributed by atoms with Gasteiger partial charge in [0.1, 0.15) is 5.75 Å². The highest BCUT2D eigenvalue weighted by Crippen LogP contribution is 2.59. The lowest BCUT2D eigenvalue weighted by Crippen LogP contribution is -2.60. The van der Waals surface area contributed by atoms with Crippen LogP contribution in [0.15, 0.2) is 36.4 Å². The van der Waals surface area contributed by atoms with Crippen molar-refractivity contribution in [1.29, 1.82) is 0 Å². The Morgan fingerprint density at radius 2 is 1.35 bits per heavy atom. The van der Waals surface area contributed by atoms with E-state index in [0.29, 0.717) is 13.0 Å². The van der Waals surface area contributed by atoms with E-state index in [2.05, 4.69) is 50.5 Å². The Labute approximate surface area is 286 Å². The lowest BCUT2D eigenvalue weighted by atomic mass is 9.49. The van der Waals surface area contributed by atoms with Crippen LogP contribution in [0.2, 0.25) is 0 Å². The number of fused-ring (bicyclic) bond motifs is 6. The van der Waals surface area contributed by atoms with Crippen molar-refractivity contribution in [3.63, 3.8) is 0 Å². The fourth-order valence-electron chi connectivity index (χ4n) is 10.8. The Balaban J connectivity index is 1.21. The first kappa shape index (κ1) is 34.6. The van der Waals surface area contributed by atoms with E-state index in [1.165, 1.54) is 16.7 Å². The predicted octanol–water partition coefficient (Wildman–Crippen LogP) is 6.15. The van der Waals surface area contributed by atoms with Gasteiger partial charge in [-0.2, -0.15) is 0 Å². The van der Waals surface area contributed by atoms with Crippen molar-refractivity contribution < 1.29 is 19.5 Å². The molecule has 4 aliphatic carbocycles. The highest BCUT2D eigenvalue weighted by atomic mass is 16.3. The van der Waals surface area contributed by atoms with Crippen LogP contribution in [0.1, 0.15) is 121 Å². The number of aryl methyl sites for hydroxylation is 2. The first-order valence-corrected chi connectivity index (χ1v) is 18.3. The fraction of sp³-hybridized carbons (Fsp3) is 0.625. The molecular weight excluding hydrogens is 600 g/mol. The van der Waals surface area contributed by atoms with Crippen molar-refractivity contribution >= 4 is 23.4 Å².